The molecule has 1 aromatic heterocycles. The average Bonchev–Trinajstić information content (AvgIpc) is 3.29. The lowest BCUT2D eigenvalue weighted by Crippen LogP contribution is -2.50. The van der Waals surface area contributed by atoms with Gasteiger partial charge in [0.15, 0.2) is 5.78 Å². The van der Waals surface area contributed by atoms with Gasteiger partial charge in [0.2, 0.25) is 10.0 Å². The van der Waals surface area contributed by atoms with Crippen molar-refractivity contribution in [2.45, 2.75) is 75.3 Å². The summed E-state index contributed by atoms with van der Waals surface area (Å²) in [6, 6.07) is 1.25. The number of sulfonamides is 1. The molecule has 0 spiro atoms. The first-order valence-electron chi connectivity index (χ1n) is 11.6. The predicted molar refractivity (Wildman–Crippen MR) is 122 cm³/mol. The van der Waals surface area contributed by atoms with Crippen LogP contribution in [0.25, 0.3) is 0 Å². The Labute approximate surface area is 193 Å². The molecule has 0 aliphatic heterocycles. The minimum atomic E-state index is -3.94. The maximum atomic E-state index is 12.0. The molecule has 1 aromatic rings. The highest BCUT2D eigenvalue weighted by atomic mass is 32.2. The first-order chi connectivity index (χ1) is 14.9. The number of fused-ring (bicyclic) bond motifs is 5. The zero-order chi connectivity index (χ0) is 23.1. The molecule has 6 atom stereocenters. The third kappa shape index (κ3) is 3.16. The number of carbonyl (C=O) groups excluding carboxylic acids is 1. The lowest BCUT2D eigenvalue weighted by molar-refractivity contribution is -0.117. The number of rotatable bonds is 3. The molecular weight excluding hydrogens is 446 g/mol. The van der Waals surface area contributed by atoms with Crippen molar-refractivity contribution in [2.24, 2.45) is 33.7 Å². The second-order valence-electron chi connectivity index (χ2n) is 10.8. The fourth-order valence-corrected chi connectivity index (χ4v) is 10.1. The fraction of sp³-hybridized carbons (Fsp3) is 0.667. The van der Waals surface area contributed by atoms with Crippen LogP contribution in [0.15, 0.2) is 21.9 Å². The maximum absolute atomic E-state index is 12.0. The van der Waals surface area contributed by atoms with Gasteiger partial charge in [-0.15, -0.1) is 11.3 Å². The number of thiophene rings is 1. The van der Waals surface area contributed by atoms with Gasteiger partial charge in [-0.2, -0.15) is 0 Å². The zero-order valence-electron chi connectivity index (χ0n) is 18.6. The van der Waals surface area contributed by atoms with Crippen LogP contribution in [0, 0.1) is 28.6 Å². The number of ketones is 1. The molecular formula is C24H31NO5S2. The van der Waals surface area contributed by atoms with Crippen LogP contribution in [0.5, 0.6) is 0 Å². The van der Waals surface area contributed by atoms with E-state index in [1.165, 1.54) is 11.6 Å². The fourth-order valence-electron chi connectivity index (χ4n) is 7.94. The maximum Gasteiger partial charge on any atom is 0.336 e. The van der Waals surface area contributed by atoms with Crippen LogP contribution < -0.4 is 5.14 Å². The van der Waals surface area contributed by atoms with Gasteiger partial charge in [-0.05, 0) is 91.6 Å². The minimum absolute atomic E-state index is 0.0396. The largest absolute Gasteiger partial charge is 0.478 e. The van der Waals surface area contributed by atoms with Gasteiger partial charge in [0.1, 0.15) is 4.21 Å². The SMILES string of the molecule is C[C@]12CCC(=O)C=C1CCC1C2CC[C@@]2(C)C1CC[C@@H]2c1sc(S(N)(=O)=O)cc1C(=O)O. The Morgan fingerprint density at radius 1 is 1.12 bits per heavy atom. The number of hydrogen-bond acceptors (Lipinski definition) is 5. The summed E-state index contributed by atoms with van der Waals surface area (Å²) in [5.74, 6) is 0.845. The summed E-state index contributed by atoms with van der Waals surface area (Å²) >= 11 is 1.05. The van der Waals surface area contributed by atoms with Crippen LogP contribution in [-0.2, 0) is 14.8 Å². The van der Waals surface area contributed by atoms with Gasteiger partial charge in [-0.3, -0.25) is 4.79 Å². The molecule has 8 heteroatoms. The summed E-state index contributed by atoms with van der Waals surface area (Å²) in [6.07, 6.45) is 9.57. The number of primary sulfonamides is 1. The molecule has 32 heavy (non-hydrogen) atoms. The molecule has 3 fully saturated rings. The van der Waals surface area contributed by atoms with E-state index in [1.807, 2.05) is 6.08 Å². The van der Waals surface area contributed by atoms with Crippen molar-refractivity contribution in [1.82, 2.24) is 0 Å². The van der Waals surface area contributed by atoms with E-state index in [9.17, 15) is 23.1 Å². The summed E-state index contributed by atoms with van der Waals surface area (Å²) in [5.41, 5.74) is 1.50. The molecule has 6 nitrogen and oxygen atoms in total. The third-order valence-electron chi connectivity index (χ3n) is 9.53. The van der Waals surface area contributed by atoms with E-state index < -0.39 is 16.0 Å². The molecule has 0 aromatic carbocycles. The van der Waals surface area contributed by atoms with Gasteiger partial charge >= 0.3 is 5.97 Å². The van der Waals surface area contributed by atoms with Crippen LogP contribution in [0.1, 0.15) is 86.4 Å². The van der Waals surface area contributed by atoms with E-state index in [0.29, 0.717) is 29.1 Å². The van der Waals surface area contributed by atoms with Crippen molar-refractivity contribution in [2.75, 3.05) is 0 Å². The lowest BCUT2D eigenvalue weighted by Gasteiger charge is -2.58. The number of hydrogen-bond donors (Lipinski definition) is 2. The quantitative estimate of drug-likeness (QED) is 0.654. The second-order valence-corrected chi connectivity index (χ2v) is 13.7. The van der Waals surface area contributed by atoms with Crippen molar-refractivity contribution in [3.63, 3.8) is 0 Å². The van der Waals surface area contributed by atoms with E-state index >= 15 is 0 Å². The van der Waals surface area contributed by atoms with Gasteiger partial charge in [-0.1, -0.05) is 19.4 Å². The molecule has 3 saturated carbocycles. The Morgan fingerprint density at radius 3 is 2.56 bits per heavy atom. The van der Waals surface area contributed by atoms with Crippen molar-refractivity contribution >= 4 is 33.1 Å². The molecule has 0 radical (unpaired) electrons. The number of aromatic carboxylic acids is 1. The molecule has 3 N–H and O–H groups in total. The zero-order valence-corrected chi connectivity index (χ0v) is 20.2. The van der Waals surface area contributed by atoms with Crippen molar-refractivity contribution in [1.29, 1.82) is 0 Å². The van der Waals surface area contributed by atoms with Crippen molar-refractivity contribution < 1.29 is 23.1 Å². The number of carbonyl (C=O) groups is 2. The van der Waals surface area contributed by atoms with Crippen LogP contribution in [-0.4, -0.2) is 25.3 Å². The van der Waals surface area contributed by atoms with Gasteiger partial charge in [0.25, 0.3) is 0 Å². The average molecular weight is 478 g/mol. The molecule has 0 amide bonds. The monoisotopic (exact) mass is 477 g/mol. The lowest BCUT2D eigenvalue weighted by atomic mass is 9.47. The Hall–Kier alpha value is -1.51. The Kier molecular flexibility index (Phi) is 5.04. The molecule has 5 rings (SSSR count). The number of carboxylic acid groups (broad SMARTS) is 1. The standard InChI is InChI=1S/C24H31NO5S2/c1-23-9-7-14(26)11-13(23)3-4-15-17-5-6-19(24(17,2)10-8-18(15)23)21-16(22(27)28)12-20(31-21)32(25,29)30/h11-12,15,17-19H,3-10H2,1-2H3,(H,27,28)(H2,25,29,30)/t15?,17?,18?,19-,23+,24+/m1/s1. The molecule has 1 heterocycles. The summed E-state index contributed by atoms with van der Waals surface area (Å²) in [7, 11) is -3.94. The summed E-state index contributed by atoms with van der Waals surface area (Å²) in [4.78, 5) is 24.7. The van der Waals surface area contributed by atoms with Gasteiger partial charge < -0.3 is 5.11 Å². The first-order valence-corrected chi connectivity index (χ1v) is 13.9. The summed E-state index contributed by atoms with van der Waals surface area (Å²) in [5, 5.41) is 15.1. The Bertz CT molecular complexity index is 1140. The summed E-state index contributed by atoms with van der Waals surface area (Å²) in [6.45, 7) is 4.66. The van der Waals surface area contributed by atoms with Crippen LogP contribution in [0.2, 0.25) is 0 Å². The molecule has 4 aliphatic rings. The predicted octanol–water partition coefficient (Wildman–Crippen LogP) is 4.71. The highest BCUT2D eigenvalue weighted by Crippen LogP contribution is 2.68. The Morgan fingerprint density at radius 2 is 1.88 bits per heavy atom. The highest BCUT2D eigenvalue weighted by molar-refractivity contribution is 7.91. The highest BCUT2D eigenvalue weighted by Gasteiger charge is 2.59. The van der Waals surface area contributed by atoms with Gasteiger partial charge in [0.05, 0.1) is 5.56 Å². The van der Waals surface area contributed by atoms with Crippen molar-refractivity contribution in [3.8, 4) is 0 Å². The van der Waals surface area contributed by atoms with Crippen LogP contribution in [0.4, 0.5) is 0 Å². The normalized spacial score (nSPS) is 39.1. The number of allylic oxidation sites excluding steroid dienone is 1. The number of carboxylic acids is 1. The van der Waals surface area contributed by atoms with E-state index in [2.05, 4.69) is 13.8 Å². The summed E-state index contributed by atoms with van der Waals surface area (Å²) < 4.78 is 23.8. The van der Waals surface area contributed by atoms with Crippen LogP contribution in [0.3, 0.4) is 0 Å². The minimum Gasteiger partial charge on any atom is -0.478 e. The van der Waals surface area contributed by atoms with Gasteiger partial charge in [0, 0.05) is 11.3 Å². The molecule has 0 saturated heterocycles. The van der Waals surface area contributed by atoms with Crippen molar-refractivity contribution in [3.05, 3.63) is 28.2 Å². The van der Waals surface area contributed by atoms with E-state index in [1.54, 1.807) is 0 Å². The second kappa shape index (κ2) is 7.24. The number of nitrogens with two attached hydrogens (primary N) is 1. The molecule has 174 valence electrons. The third-order valence-corrected chi connectivity index (χ3v) is 12.2. The van der Waals surface area contributed by atoms with E-state index in [-0.39, 0.29) is 32.3 Å². The van der Waals surface area contributed by atoms with Gasteiger partial charge in [-0.25, -0.2) is 18.4 Å². The van der Waals surface area contributed by atoms with Crippen LogP contribution >= 0.6 is 11.3 Å². The topological polar surface area (TPSA) is 115 Å². The smallest absolute Gasteiger partial charge is 0.336 e. The molecule has 0 bridgehead atoms. The molecule has 3 unspecified atom stereocenters. The van der Waals surface area contributed by atoms with E-state index in [4.69, 9.17) is 5.14 Å². The van der Waals surface area contributed by atoms with E-state index in [0.717, 1.165) is 56.3 Å². The first kappa shape index (κ1) is 22.3. The Balaban J connectivity index is 1.50. The molecule has 4 aliphatic carbocycles.